The molecule has 1 rings (SSSR count). The molecule has 1 aliphatic carbocycles. The monoisotopic (exact) mass is 200 g/mol. The van der Waals surface area contributed by atoms with Gasteiger partial charge in [-0.3, -0.25) is 0 Å². The highest BCUT2D eigenvalue weighted by Gasteiger charge is 2.31. The molecule has 0 aromatic rings. The van der Waals surface area contributed by atoms with Gasteiger partial charge in [-0.05, 0) is 39.7 Å². The normalized spacial score (nSPS) is 18.5. The summed E-state index contributed by atoms with van der Waals surface area (Å²) >= 11 is 0. The van der Waals surface area contributed by atoms with E-state index in [1.807, 2.05) is 6.08 Å². The molecular formula is C10H16O2S. The Balaban J connectivity index is 3.08. The second kappa shape index (κ2) is 3.29. The highest BCUT2D eigenvalue weighted by molar-refractivity contribution is 7.96. The van der Waals surface area contributed by atoms with Crippen LogP contribution in [0.3, 0.4) is 0 Å². The molecule has 0 aromatic carbocycles. The van der Waals surface area contributed by atoms with Gasteiger partial charge in [0.2, 0.25) is 0 Å². The number of allylic oxidation sites excluding steroid dienone is 3. The average molecular weight is 200 g/mol. The highest BCUT2D eigenvalue weighted by Crippen LogP contribution is 2.26. The standard InChI is InChI=1S/C10H16O2S/c1-10(2,3)13(11,12)9-7-5-4-6-8-9/h5,7-8H,4,6H2,1-3H3. The molecule has 0 spiro atoms. The zero-order chi connectivity index (χ0) is 10.1. The van der Waals surface area contributed by atoms with Crippen molar-refractivity contribution >= 4 is 9.84 Å². The Morgan fingerprint density at radius 2 is 1.85 bits per heavy atom. The van der Waals surface area contributed by atoms with Crippen molar-refractivity contribution in [2.75, 3.05) is 0 Å². The molecule has 3 heteroatoms. The summed E-state index contributed by atoms with van der Waals surface area (Å²) in [5.74, 6) is 0. The number of hydrogen-bond acceptors (Lipinski definition) is 2. The van der Waals surface area contributed by atoms with Crippen molar-refractivity contribution in [1.29, 1.82) is 0 Å². The van der Waals surface area contributed by atoms with Crippen LogP contribution in [0.15, 0.2) is 23.1 Å². The third-order valence-electron chi connectivity index (χ3n) is 2.08. The van der Waals surface area contributed by atoms with Crippen molar-refractivity contribution in [2.45, 2.75) is 38.4 Å². The lowest BCUT2D eigenvalue weighted by Crippen LogP contribution is -2.28. The van der Waals surface area contributed by atoms with E-state index in [1.165, 1.54) is 0 Å². The van der Waals surface area contributed by atoms with Crippen LogP contribution < -0.4 is 0 Å². The summed E-state index contributed by atoms with van der Waals surface area (Å²) in [7, 11) is -3.13. The minimum atomic E-state index is -3.13. The molecule has 0 fully saturated rings. The van der Waals surface area contributed by atoms with E-state index in [-0.39, 0.29) is 0 Å². The SMILES string of the molecule is CC(C)(C)S(=O)(=O)C1=CCCC=C1. The van der Waals surface area contributed by atoms with E-state index in [2.05, 4.69) is 0 Å². The third-order valence-corrected chi connectivity index (χ3v) is 4.61. The van der Waals surface area contributed by atoms with Crippen LogP contribution in [0, 0.1) is 0 Å². The molecule has 0 saturated heterocycles. The van der Waals surface area contributed by atoms with Crippen molar-refractivity contribution in [2.24, 2.45) is 0 Å². The van der Waals surface area contributed by atoms with Crippen LogP contribution in [-0.4, -0.2) is 13.2 Å². The molecule has 0 aromatic heterocycles. The minimum Gasteiger partial charge on any atom is -0.223 e. The lowest BCUT2D eigenvalue weighted by Gasteiger charge is -2.20. The zero-order valence-corrected chi connectivity index (χ0v) is 9.19. The molecule has 0 N–H and O–H groups in total. The molecule has 0 heterocycles. The van der Waals surface area contributed by atoms with E-state index in [0.717, 1.165) is 12.8 Å². The second-order valence-electron chi connectivity index (χ2n) is 4.20. The quantitative estimate of drug-likeness (QED) is 0.651. The van der Waals surface area contributed by atoms with Gasteiger partial charge in [0, 0.05) is 0 Å². The Hall–Kier alpha value is -0.570. The van der Waals surface area contributed by atoms with Gasteiger partial charge in [0.1, 0.15) is 0 Å². The molecule has 0 saturated carbocycles. The summed E-state index contributed by atoms with van der Waals surface area (Å²) in [6.07, 6.45) is 7.22. The Kier molecular flexibility index (Phi) is 2.66. The van der Waals surface area contributed by atoms with Gasteiger partial charge < -0.3 is 0 Å². The fraction of sp³-hybridized carbons (Fsp3) is 0.600. The van der Waals surface area contributed by atoms with Gasteiger partial charge in [0.25, 0.3) is 0 Å². The molecular weight excluding hydrogens is 184 g/mol. The molecule has 0 atom stereocenters. The number of sulfone groups is 1. The van der Waals surface area contributed by atoms with Gasteiger partial charge in [-0.1, -0.05) is 12.2 Å². The summed E-state index contributed by atoms with van der Waals surface area (Å²) in [4.78, 5) is 0.478. The van der Waals surface area contributed by atoms with E-state index in [4.69, 9.17) is 0 Å². The van der Waals surface area contributed by atoms with Gasteiger partial charge in [-0.2, -0.15) is 0 Å². The highest BCUT2D eigenvalue weighted by atomic mass is 32.2. The smallest absolute Gasteiger partial charge is 0.182 e. The molecule has 2 nitrogen and oxygen atoms in total. The largest absolute Gasteiger partial charge is 0.223 e. The van der Waals surface area contributed by atoms with Gasteiger partial charge >= 0.3 is 0 Å². The summed E-state index contributed by atoms with van der Waals surface area (Å²) in [6.45, 7) is 5.18. The fourth-order valence-corrected chi connectivity index (χ4v) is 2.46. The van der Waals surface area contributed by atoms with Crippen LogP contribution >= 0.6 is 0 Å². The summed E-state index contributed by atoms with van der Waals surface area (Å²) in [5.41, 5.74) is 0. The van der Waals surface area contributed by atoms with E-state index in [1.54, 1.807) is 32.9 Å². The molecule has 0 radical (unpaired) electrons. The van der Waals surface area contributed by atoms with Gasteiger partial charge in [-0.15, -0.1) is 0 Å². The van der Waals surface area contributed by atoms with Crippen LogP contribution in [0.4, 0.5) is 0 Å². The Labute approximate surface area is 80.3 Å². The number of hydrogen-bond donors (Lipinski definition) is 0. The average Bonchev–Trinajstić information content (AvgIpc) is 2.04. The minimum absolute atomic E-state index is 0.478. The predicted molar refractivity (Wildman–Crippen MR) is 55.1 cm³/mol. The van der Waals surface area contributed by atoms with Crippen LogP contribution in [0.1, 0.15) is 33.6 Å². The zero-order valence-electron chi connectivity index (χ0n) is 8.37. The number of rotatable bonds is 1. The molecule has 0 aliphatic heterocycles. The molecule has 13 heavy (non-hydrogen) atoms. The van der Waals surface area contributed by atoms with Crippen LogP contribution in [0.5, 0.6) is 0 Å². The second-order valence-corrected chi connectivity index (χ2v) is 6.91. The lowest BCUT2D eigenvalue weighted by molar-refractivity contribution is 0.567. The van der Waals surface area contributed by atoms with Crippen LogP contribution in [0.25, 0.3) is 0 Å². The molecule has 0 amide bonds. The van der Waals surface area contributed by atoms with E-state index < -0.39 is 14.6 Å². The van der Waals surface area contributed by atoms with Crippen LogP contribution in [-0.2, 0) is 9.84 Å². The maximum absolute atomic E-state index is 11.9. The first-order chi connectivity index (χ1) is 5.86. The topological polar surface area (TPSA) is 34.1 Å². The molecule has 0 bridgehead atoms. The predicted octanol–water partition coefficient (Wildman–Crippen LogP) is 2.43. The van der Waals surface area contributed by atoms with E-state index in [0.29, 0.717) is 4.91 Å². The van der Waals surface area contributed by atoms with E-state index >= 15 is 0 Å². The summed E-state index contributed by atoms with van der Waals surface area (Å²) < 4.78 is 23.1. The van der Waals surface area contributed by atoms with Crippen molar-refractivity contribution in [3.63, 3.8) is 0 Å². The van der Waals surface area contributed by atoms with Crippen molar-refractivity contribution < 1.29 is 8.42 Å². The third kappa shape index (κ3) is 2.02. The Morgan fingerprint density at radius 1 is 1.23 bits per heavy atom. The van der Waals surface area contributed by atoms with E-state index in [9.17, 15) is 8.42 Å². The molecule has 74 valence electrons. The van der Waals surface area contributed by atoms with Crippen molar-refractivity contribution in [3.8, 4) is 0 Å². The summed E-state index contributed by atoms with van der Waals surface area (Å²) in [5, 5.41) is 0. The Morgan fingerprint density at radius 3 is 2.23 bits per heavy atom. The molecule has 0 unspecified atom stereocenters. The van der Waals surface area contributed by atoms with Gasteiger partial charge in [0.15, 0.2) is 9.84 Å². The first-order valence-corrected chi connectivity index (χ1v) is 5.95. The first-order valence-electron chi connectivity index (χ1n) is 4.47. The van der Waals surface area contributed by atoms with Gasteiger partial charge in [0.05, 0.1) is 9.65 Å². The van der Waals surface area contributed by atoms with Gasteiger partial charge in [-0.25, -0.2) is 8.42 Å². The molecule has 1 aliphatic rings. The lowest BCUT2D eigenvalue weighted by atomic mass is 10.2. The van der Waals surface area contributed by atoms with Crippen molar-refractivity contribution in [3.05, 3.63) is 23.1 Å². The summed E-state index contributed by atoms with van der Waals surface area (Å²) in [6, 6.07) is 0. The van der Waals surface area contributed by atoms with Crippen LogP contribution in [0.2, 0.25) is 0 Å². The maximum atomic E-state index is 11.9. The maximum Gasteiger partial charge on any atom is 0.182 e. The van der Waals surface area contributed by atoms with Crippen molar-refractivity contribution in [1.82, 2.24) is 0 Å². The fourth-order valence-electron chi connectivity index (χ4n) is 1.14. The Bertz CT molecular complexity index is 340. The first kappa shape index (κ1) is 10.5.